The van der Waals surface area contributed by atoms with E-state index in [1.807, 2.05) is 13.0 Å². The third-order valence-electron chi connectivity index (χ3n) is 2.85. The highest BCUT2D eigenvalue weighted by atomic mass is 16.3. The SMILES string of the molecule is CC1=Nc2cc(O)ccc2C1(C)C. The van der Waals surface area contributed by atoms with E-state index >= 15 is 0 Å². The van der Waals surface area contributed by atoms with Crippen LogP contribution in [0.3, 0.4) is 0 Å². The second-order valence-electron chi connectivity index (χ2n) is 4.02. The van der Waals surface area contributed by atoms with Crippen LogP contribution in [0.2, 0.25) is 0 Å². The predicted octanol–water partition coefficient (Wildman–Crippen LogP) is 2.78. The third-order valence-corrected chi connectivity index (χ3v) is 2.85. The average molecular weight is 175 g/mol. The number of aliphatic imine (C=N–C) groups is 1. The minimum atomic E-state index is 0.0169. The Bertz CT molecular complexity index is 391. The smallest absolute Gasteiger partial charge is 0.117 e. The number of phenolic OH excluding ortho intramolecular Hbond substituents is 1. The van der Waals surface area contributed by atoms with Crippen molar-refractivity contribution in [3.63, 3.8) is 0 Å². The van der Waals surface area contributed by atoms with Crippen LogP contribution in [-0.4, -0.2) is 10.8 Å². The normalized spacial score (nSPS) is 18.2. The minimum absolute atomic E-state index is 0.0169. The summed E-state index contributed by atoms with van der Waals surface area (Å²) in [7, 11) is 0. The molecule has 0 saturated heterocycles. The van der Waals surface area contributed by atoms with E-state index < -0.39 is 0 Å². The monoisotopic (exact) mass is 175 g/mol. The van der Waals surface area contributed by atoms with Gasteiger partial charge in [-0.15, -0.1) is 0 Å². The molecule has 1 aliphatic rings. The van der Waals surface area contributed by atoms with Crippen LogP contribution in [0.5, 0.6) is 5.75 Å². The number of fused-ring (bicyclic) bond motifs is 1. The van der Waals surface area contributed by atoms with Crippen LogP contribution in [0.15, 0.2) is 23.2 Å². The second-order valence-corrected chi connectivity index (χ2v) is 4.02. The molecule has 0 bridgehead atoms. The van der Waals surface area contributed by atoms with Crippen LogP contribution >= 0.6 is 0 Å². The van der Waals surface area contributed by atoms with E-state index in [-0.39, 0.29) is 11.2 Å². The Kier molecular flexibility index (Phi) is 1.50. The number of benzene rings is 1. The number of rotatable bonds is 0. The lowest BCUT2D eigenvalue weighted by molar-refractivity contribution is 0.475. The van der Waals surface area contributed by atoms with Gasteiger partial charge in [0, 0.05) is 17.2 Å². The molecule has 0 radical (unpaired) electrons. The molecular weight excluding hydrogens is 162 g/mol. The Labute approximate surface area is 77.9 Å². The second kappa shape index (κ2) is 2.34. The Morgan fingerprint density at radius 1 is 1.31 bits per heavy atom. The fraction of sp³-hybridized carbons (Fsp3) is 0.364. The first-order valence-corrected chi connectivity index (χ1v) is 4.41. The van der Waals surface area contributed by atoms with Crippen molar-refractivity contribution in [1.82, 2.24) is 0 Å². The molecule has 1 heterocycles. The lowest BCUT2D eigenvalue weighted by Gasteiger charge is -2.19. The first kappa shape index (κ1) is 8.30. The number of aromatic hydroxyl groups is 1. The van der Waals surface area contributed by atoms with Gasteiger partial charge in [0.25, 0.3) is 0 Å². The molecule has 13 heavy (non-hydrogen) atoms. The first-order chi connectivity index (χ1) is 6.01. The molecule has 2 heteroatoms. The van der Waals surface area contributed by atoms with E-state index in [4.69, 9.17) is 0 Å². The van der Waals surface area contributed by atoms with Gasteiger partial charge in [-0.1, -0.05) is 19.9 Å². The molecule has 0 spiro atoms. The van der Waals surface area contributed by atoms with Gasteiger partial charge in [-0.2, -0.15) is 0 Å². The summed E-state index contributed by atoms with van der Waals surface area (Å²) in [5, 5.41) is 9.28. The molecule has 1 aromatic rings. The Balaban J connectivity index is 2.65. The zero-order valence-electron chi connectivity index (χ0n) is 8.13. The molecule has 2 rings (SSSR count). The molecule has 1 aliphatic heterocycles. The van der Waals surface area contributed by atoms with E-state index in [0.717, 1.165) is 11.4 Å². The fourth-order valence-electron chi connectivity index (χ4n) is 1.66. The third kappa shape index (κ3) is 1.05. The van der Waals surface area contributed by atoms with Gasteiger partial charge in [0.05, 0.1) is 5.69 Å². The van der Waals surface area contributed by atoms with E-state index in [2.05, 4.69) is 18.8 Å². The summed E-state index contributed by atoms with van der Waals surface area (Å²) < 4.78 is 0. The quantitative estimate of drug-likeness (QED) is 0.646. The van der Waals surface area contributed by atoms with Crippen LogP contribution in [-0.2, 0) is 5.41 Å². The molecule has 68 valence electrons. The number of nitrogens with zero attached hydrogens (tertiary/aromatic N) is 1. The highest BCUT2D eigenvalue weighted by Gasteiger charge is 2.31. The first-order valence-electron chi connectivity index (χ1n) is 4.41. The molecule has 0 fully saturated rings. The summed E-state index contributed by atoms with van der Waals surface area (Å²) in [5.41, 5.74) is 3.22. The average Bonchev–Trinajstić information content (AvgIpc) is 2.23. The highest BCUT2D eigenvalue weighted by Crippen LogP contribution is 2.41. The fourth-order valence-corrected chi connectivity index (χ4v) is 1.66. The van der Waals surface area contributed by atoms with Crippen molar-refractivity contribution in [2.75, 3.05) is 0 Å². The van der Waals surface area contributed by atoms with E-state index in [0.29, 0.717) is 0 Å². The van der Waals surface area contributed by atoms with Crippen molar-refractivity contribution >= 4 is 11.4 Å². The lowest BCUT2D eigenvalue weighted by Crippen LogP contribution is -2.22. The zero-order valence-corrected chi connectivity index (χ0v) is 8.13. The van der Waals surface area contributed by atoms with Crippen molar-refractivity contribution in [2.24, 2.45) is 4.99 Å². The van der Waals surface area contributed by atoms with Crippen LogP contribution in [0.25, 0.3) is 0 Å². The Morgan fingerprint density at radius 3 is 2.69 bits per heavy atom. The molecule has 0 aromatic heterocycles. The largest absolute Gasteiger partial charge is 0.508 e. The van der Waals surface area contributed by atoms with Gasteiger partial charge >= 0.3 is 0 Å². The zero-order chi connectivity index (χ0) is 9.64. The van der Waals surface area contributed by atoms with Crippen LogP contribution in [0, 0.1) is 0 Å². The number of phenols is 1. The lowest BCUT2D eigenvalue weighted by atomic mass is 9.82. The standard InChI is InChI=1S/C11H13NO/c1-7-11(2,3)9-5-4-8(13)6-10(9)12-7/h4-6,13H,1-3H3. The topological polar surface area (TPSA) is 32.6 Å². The van der Waals surface area contributed by atoms with E-state index in [9.17, 15) is 5.11 Å². The summed E-state index contributed by atoms with van der Waals surface area (Å²) in [5.74, 6) is 0.285. The summed E-state index contributed by atoms with van der Waals surface area (Å²) in [6.07, 6.45) is 0. The number of hydrogen-bond acceptors (Lipinski definition) is 2. The maximum atomic E-state index is 9.28. The van der Waals surface area contributed by atoms with Crippen molar-refractivity contribution in [3.8, 4) is 5.75 Å². The minimum Gasteiger partial charge on any atom is -0.508 e. The summed E-state index contributed by atoms with van der Waals surface area (Å²) in [6, 6.07) is 5.38. The van der Waals surface area contributed by atoms with Crippen LogP contribution in [0.4, 0.5) is 5.69 Å². The summed E-state index contributed by atoms with van der Waals surface area (Å²) in [4.78, 5) is 4.42. The van der Waals surface area contributed by atoms with Crippen LogP contribution in [0.1, 0.15) is 26.3 Å². The van der Waals surface area contributed by atoms with Gasteiger partial charge in [0.15, 0.2) is 0 Å². The molecule has 1 N–H and O–H groups in total. The van der Waals surface area contributed by atoms with Gasteiger partial charge in [-0.05, 0) is 18.6 Å². The molecule has 0 atom stereocenters. The molecular formula is C11H13NO. The van der Waals surface area contributed by atoms with Gasteiger partial charge in [-0.3, -0.25) is 4.99 Å². The van der Waals surface area contributed by atoms with Crippen molar-refractivity contribution in [2.45, 2.75) is 26.2 Å². The molecule has 1 aromatic carbocycles. The van der Waals surface area contributed by atoms with Gasteiger partial charge in [-0.25, -0.2) is 0 Å². The molecule has 0 aliphatic carbocycles. The molecule has 0 unspecified atom stereocenters. The Hall–Kier alpha value is -1.31. The van der Waals surface area contributed by atoms with E-state index in [1.165, 1.54) is 5.56 Å². The van der Waals surface area contributed by atoms with E-state index in [1.54, 1.807) is 12.1 Å². The van der Waals surface area contributed by atoms with Crippen molar-refractivity contribution < 1.29 is 5.11 Å². The van der Waals surface area contributed by atoms with Crippen molar-refractivity contribution in [1.29, 1.82) is 0 Å². The maximum absolute atomic E-state index is 9.28. The molecule has 0 amide bonds. The van der Waals surface area contributed by atoms with Gasteiger partial charge < -0.3 is 5.11 Å². The highest BCUT2D eigenvalue weighted by molar-refractivity contribution is 5.99. The van der Waals surface area contributed by atoms with Gasteiger partial charge in [0.2, 0.25) is 0 Å². The molecule has 0 saturated carbocycles. The summed E-state index contributed by atoms with van der Waals surface area (Å²) >= 11 is 0. The van der Waals surface area contributed by atoms with Crippen molar-refractivity contribution in [3.05, 3.63) is 23.8 Å². The Morgan fingerprint density at radius 2 is 2.00 bits per heavy atom. The summed E-state index contributed by atoms with van der Waals surface area (Å²) in [6.45, 7) is 6.32. The van der Waals surface area contributed by atoms with Crippen LogP contribution < -0.4 is 0 Å². The number of hydrogen-bond donors (Lipinski definition) is 1. The molecule has 2 nitrogen and oxygen atoms in total. The predicted molar refractivity (Wildman–Crippen MR) is 53.9 cm³/mol. The maximum Gasteiger partial charge on any atom is 0.117 e. The van der Waals surface area contributed by atoms with Gasteiger partial charge in [0.1, 0.15) is 5.75 Å².